The van der Waals surface area contributed by atoms with Gasteiger partial charge in [-0.05, 0) is 116 Å². The largest absolute Gasteiger partial charge is 0.462 e. The molecule has 2 aliphatic heterocycles. The Morgan fingerprint density at radius 1 is 0.983 bits per heavy atom. The zero-order valence-electron chi connectivity index (χ0n) is 37.3. The van der Waals surface area contributed by atoms with E-state index in [0.29, 0.717) is 25.1 Å². The number of Topliss-reactive ketones (excluding diaryl/α,β-unsaturated/α-hetero) is 1. The Hall–Kier alpha value is -1.81. The van der Waals surface area contributed by atoms with Crippen molar-refractivity contribution in [2.75, 3.05) is 35.0 Å². The van der Waals surface area contributed by atoms with Crippen LogP contribution in [0, 0.1) is 30.6 Å². The molecule has 4 fully saturated rings. The molecule has 0 N–H and O–H groups in total. The van der Waals surface area contributed by atoms with Crippen molar-refractivity contribution >= 4 is 23.1 Å². The highest BCUT2D eigenvalue weighted by atomic mass is 32.1. The number of hydrogen-bond acceptors (Lipinski definition) is 13. The second kappa shape index (κ2) is 19.7. The lowest BCUT2D eigenvalue weighted by Gasteiger charge is -2.41. The first-order valence-corrected chi connectivity index (χ1v) is 23.5. The minimum Gasteiger partial charge on any atom is -0.462 e. The van der Waals surface area contributed by atoms with Gasteiger partial charge in [-0.15, -0.1) is 11.3 Å². The van der Waals surface area contributed by atoms with Crippen LogP contribution in [0.5, 0.6) is 0 Å². The van der Waals surface area contributed by atoms with Gasteiger partial charge in [0, 0.05) is 62.0 Å². The SMILES string of the molecule is CC[C@H]1CCC[C@H](O[C@H]2CC[C@H](N(C)C3CC3)C(C)O2)[C@@H](C)C(=O)C2=C[C@H]3[C@@H]4C[C@H](OC(OC(C)[C@@H](C)OC)[C@H](COC)OC)C[C@H]4c4sc(C)nc4[C@H]3[C@@H]2CC(=O)O1. The molecule has 3 heterocycles. The predicted octanol–water partition coefficient (Wildman–Crippen LogP) is 7.50. The number of rotatable bonds is 15. The third kappa shape index (κ3) is 9.89. The van der Waals surface area contributed by atoms with Gasteiger partial charge in [0.25, 0.3) is 0 Å². The summed E-state index contributed by atoms with van der Waals surface area (Å²) in [5.41, 5.74) is 1.77. The molecule has 332 valence electrons. The molecule has 1 aromatic heterocycles. The average molecular weight is 845 g/mol. The van der Waals surface area contributed by atoms with E-state index in [1.165, 1.54) is 17.7 Å². The first-order chi connectivity index (χ1) is 28.3. The van der Waals surface area contributed by atoms with Gasteiger partial charge in [0.1, 0.15) is 12.2 Å². The molecule has 0 radical (unpaired) electrons. The summed E-state index contributed by atoms with van der Waals surface area (Å²) in [5.74, 6) is -0.591. The molecule has 13 heteroatoms. The number of thiazole rings is 1. The van der Waals surface area contributed by atoms with Crippen LogP contribution in [0.3, 0.4) is 0 Å². The van der Waals surface area contributed by atoms with Crippen LogP contribution in [-0.4, -0.2) is 124 Å². The number of hydrogen-bond donors (Lipinski definition) is 0. The summed E-state index contributed by atoms with van der Waals surface area (Å²) in [6, 6.07) is 1.04. The summed E-state index contributed by atoms with van der Waals surface area (Å²) in [4.78, 5) is 37.9. The Morgan fingerprint density at radius 2 is 1.76 bits per heavy atom. The Kier molecular flexibility index (Phi) is 15.1. The van der Waals surface area contributed by atoms with Crippen LogP contribution in [0.4, 0.5) is 0 Å². The number of aromatic nitrogens is 1. The summed E-state index contributed by atoms with van der Waals surface area (Å²) in [5, 5.41) is 0.998. The van der Waals surface area contributed by atoms with Crippen LogP contribution < -0.4 is 0 Å². The van der Waals surface area contributed by atoms with E-state index in [9.17, 15) is 4.79 Å². The molecule has 1 aromatic rings. The number of esters is 1. The van der Waals surface area contributed by atoms with Crippen LogP contribution in [0.2, 0.25) is 0 Å². The van der Waals surface area contributed by atoms with Crippen molar-refractivity contribution in [2.45, 2.75) is 191 Å². The zero-order chi connectivity index (χ0) is 42.1. The van der Waals surface area contributed by atoms with Gasteiger partial charge >= 0.3 is 5.97 Å². The van der Waals surface area contributed by atoms with Crippen LogP contribution in [0.1, 0.15) is 133 Å². The fraction of sp³-hybridized carbons (Fsp3) is 0.848. The lowest BCUT2D eigenvalue weighted by molar-refractivity contribution is -0.255. The molecule has 7 rings (SSSR count). The van der Waals surface area contributed by atoms with Crippen LogP contribution >= 0.6 is 11.3 Å². The van der Waals surface area contributed by atoms with Gasteiger partial charge in [-0.2, -0.15) is 0 Å². The second-order valence-corrected chi connectivity index (χ2v) is 19.7. The lowest BCUT2D eigenvalue weighted by atomic mass is 9.67. The van der Waals surface area contributed by atoms with Crippen molar-refractivity contribution < 1.29 is 47.5 Å². The number of carbonyl (C=O) groups is 2. The predicted molar refractivity (Wildman–Crippen MR) is 224 cm³/mol. The van der Waals surface area contributed by atoms with E-state index in [4.69, 9.17) is 42.9 Å². The maximum Gasteiger partial charge on any atom is 0.306 e. The van der Waals surface area contributed by atoms with Crippen LogP contribution in [0.25, 0.3) is 0 Å². The van der Waals surface area contributed by atoms with E-state index in [1.54, 1.807) is 32.7 Å². The number of aryl methyl sites for hydroxylation is 1. The Bertz CT molecular complexity index is 1620. The second-order valence-electron chi connectivity index (χ2n) is 18.5. The number of allylic oxidation sites excluding steroid dienone is 2. The lowest BCUT2D eigenvalue weighted by Crippen LogP contribution is -2.49. The average Bonchev–Trinajstić information content (AvgIpc) is 3.72. The van der Waals surface area contributed by atoms with Gasteiger partial charge in [0.2, 0.25) is 0 Å². The van der Waals surface area contributed by atoms with E-state index in [-0.39, 0.29) is 90.7 Å². The van der Waals surface area contributed by atoms with Gasteiger partial charge in [0.15, 0.2) is 18.4 Å². The molecule has 59 heavy (non-hydrogen) atoms. The molecular formula is C46H72N2O10S. The van der Waals surface area contributed by atoms with E-state index >= 15 is 4.79 Å². The van der Waals surface area contributed by atoms with E-state index in [1.807, 2.05) is 20.8 Å². The minimum absolute atomic E-state index is 0.0185. The maximum absolute atomic E-state index is 15.1. The summed E-state index contributed by atoms with van der Waals surface area (Å²) < 4.78 is 50.0. The van der Waals surface area contributed by atoms with Gasteiger partial charge in [0.05, 0.1) is 54.2 Å². The summed E-state index contributed by atoms with van der Waals surface area (Å²) in [6.45, 7) is 12.6. The van der Waals surface area contributed by atoms with Crippen molar-refractivity contribution in [3.05, 3.63) is 27.2 Å². The monoisotopic (exact) mass is 844 g/mol. The van der Waals surface area contributed by atoms with Gasteiger partial charge < -0.3 is 37.9 Å². The molecule has 0 aromatic carbocycles. The highest BCUT2D eigenvalue weighted by molar-refractivity contribution is 7.11. The summed E-state index contributed by atoms with van der Waals surface area (Å²) in [6.07, 6.45) is 8.85. The number of ketones is 1. The third-order valence-corrected chi connectivity index (χ3v) is 15.9. The minimum atomic E-state index is -0.671. The fourth-order valence-electron chi connectivity index (χ4n) is 11.0. The molecule has 6 aliphatic rings. The number of methoxy groups -OCH3 is 3. The van der Waals surface area contributed by atoms with Gasteiger partial charge in [-0.3, -0.25) is 14.5 Å². The highest BCUT2D eigenvalue weighted by Crippen LogP contribution is 2.62. The van der Waals surface area contributed by atoms with E-state index < -0.39 is 18.3 Å². The molecule has 12 nitrogen and oxygen atoms in total. The Labute approximate surface area is 356 Å². The number of cyclic esters (lactones) is 1. The molecule has 0 spiro atoms. The van der Waals surface area contributed by atoms with Crippen molar-refractivity contribution in [1.82, 2.24) is 9.88 Å². The topological polar surface area (TPSA) is 124 Å². The molecule has 4 aliphatic carbocycles. The Balaban J connectivity index is 1.16. The fourth-order valence-corrected chi connectivity index (χ4v) is 12.2. The van der Waals surface area contributed by atoms with Crippen molar-refractivity contribution in [3.63, 3.8) is 0 Å². The van der Waals surface area contributed by atoms with E-state index in [0.717, 1.165) is 61.2 Å². The molecule has 0 bridgehead atoms. The third-order valence-electron chi connectivity index (χ3n) is 14.8. The Morgan fingerprint density at radius 3 is 2.44 bits per heavy atom. The smallest absolute Gasteiger partial charge is 0.306 e. The van der Waals surface area contributed by atoms with Crippen LogP contribution in [-0.2, 0) is 47.5 Å². The quantitative estimate of drug-likeness (QED) is 0.128. The number of nitrogens with zero attached hydrogens (tertiary/aromatic N) is 2. The first kappa shape index (κ1) is 45.2. The molecule has 0 amide bonds. The van der Waals surface area contributed by atoms with Crippen LogP contribution in [0.15, 0.2) is 11.6 Å². The summed E-state index contributed by atoms with van der Waals surface area (Å²) >= 11 is 1.75. The first-order valence-electron chi connectivity index (χ1n) is 22.7. The standard InChI is InChI=1S/C46H72N2O10S/c1-11-30-13-12-14-38(58-41-18-17-37(27(5)54-41)48(7)29-15-16-29)24(2)44(50)35-21-33-32-19-31(57-46(39(53-10)23-51-8)55-26(4)25(3)52-9)20-36(32)45-43(47-28(6)59-45)42(33)34(35)22-40(49)56-30/h21,24-27,29-34,36-39,41-42,46H,11-20,22-23H2,1-10H3/t24-,25-,26?,27?,30+,31+,32+,33+,34-,36-,37+,38+,39+,41+,42-,46?/m1/s1. The van der Waals surface area contributed by atoms with Gasteiger partial charge in [-0.25, -0.2) is 4.98 Å². The zero-order valence-corrected chi connectivity index (χ0v) is 38.1. The summed E-state index contributed by atoms with van der Waals surface area (Å²) in [7, 11) is 7.20. The van der Waals surface area contributed by atoms with Crippen molar-refractivity contribution in [2.24, 2.45) is 23.7 Å². The van der Waals surface area contributed by atoms with E-state index in [2.05, 4.69) is 38.8 Å². The van der Waals surface area contributed by atoms with Crippen molar-refractivity contribution in [3.8, 4) is 0 Å². The highest BCUT2D eigenvalue weighted by Gasteiger charge is 2.56. The molecular weight excluding hydrogens is 773 g/mol. The number of ether oxygens (including phenoxy) is 8. The molecule has 2 saturated carbocycles. The van der Waals surface area contributed by atoms with Crippen molar-refractivity contribution in [1.29, 1.82) is 0 Å². The number of likely N-dealkylation sites (N-methyl/N-ethyl adjacent to an activating group) is 1. The number of fused-ring (bicyclic) bond motifs is 8. The molecule has 3 unspecified atom stereocenters. The maximum atomic E-state index is 15.1. The molecule has 2 saturated heterocycles. The van der Waals surface area contributed by atoms with Gasteiger partial charge in [-0.1, -0.05) is 19.9 Å². The normalized spacial score (nSPS) is 37.2. The number of carbonyl (C=O) groups excluding carboxylic acids is 2. The molecule has 16 atom stereocenters.